The molecule has 0 aliphatic heterocycles. The summed E-state index contributed by atoms with van der Waals surface area (Å²) in [4.78, 5) is 27.6. The number of urea groups is 1. The average molecular weight is 330 g/mol. The van der Waals surface area contributed by atoms with Gasteiger partial charge in [0.05, 0.1) is 43.3 Å². The second-order valence-electron chi connectivity index (χ2n) is 4.42. The number of ether oxygens (including phenoxy) is 2. The Morgan fingerprint density at radius 2 is 2.17 bits per heavy atom. The second-order valence-corrected chi connectivity index (χ2v) is 4.42. The standard InChI is InChI=1S/C15H14N4O5/c1-22-12-6-11(19-15(21)18-4-3-16)9(14(20)23-2)5-10(12)13-7-17-8-24-13/h5-8H,4H2,1-2H3,(H2,18,19,21). The molecule has 2 aromatic rings. The van der Waals surface area contributed by atoms with Crippen molar-refractivity contribution in [1.82, 2.24) is 10.3 Å². The van der Waals surface area contributed by atoms with Gasteiger partial charge in [0.25, 0.3) is 0 Å². The van der Waals surface area contributed by atoms with Gasteiger partial charge in [-0.15, -0.1) is 0 Å². The van der Waals surface area contributed by atoms with Gasteiger partial charge in [-0.2, -0.15) is 5.26 Å². The summed E-state index contributed by atoms with van der Waals surface area (Å²) in [6, 6.07) is 4.05. The number of hydrogen-bond acceptors (Lipinski definition) is 7. The number of anilines is 1. The molecule has 1 heterocycles. The highest BCUT2D eigenvalue weighted by atomic mass is 16.5. The van der Waals surface area contributed by atoms with Crippen LogP contribution in [0.15, 0.2) is 29.1 Å². The summed E-state index contributed by atoms with van der Waals surface area (Å²) in [6.07, 6.45) is 2.71. The molecule has 2 N–H and O–H groups in total. The predicted molar refractivity (Wildman–Crippen MR) is 82.5 cm³/mol. The summed E-state index contributed by atoms with van der Waals surface area (Å²) in [6.45, 7) is -0.174. The lowest BCUT2D eigenvalue weighted by molar-refractivity contribution is 0.0602. The maximum atomic E-state index is 12.0. The first-order chi connectivity index (χ1) is 11.6. The van der Waals surface area contributed by atoms with Gasteiger partial charge in [0, 0.05) is 6.07 Å². The van der Waals surface area contributed by atoms with Crippen LogP contribution >= 0.6 is 0 Å². The molecule has 24 heavy (non-hydrogen) atoms. The number of methoxy groups -OCH3 is 2. The third-order valence-electron chi connectivity index (χ3n) is 3.02. The van der Waals surface area contributed by atoms with E-state index in [2.05, 4.69) is 15.6 Å². The van der Waals surface area contributed by atoms with E-state index in [1.54, 1.807) is 6.07 Å². The molecule has 124 valence electrons. The lowest BCUT2D eigenvalue weighted by Gasteiger charge is -2.14. The predicted octanol–water partition coefficient (Wildman–Crippen LogP) is 1.78. The zero-order valence-electron chi connectivity index (χ0n) is 13.0. The first kappa shape index (κ1) is 16.8. The van der Waals surface area contributed by atoms with Crippen LogP contribution in [0.3, 0.4) is 0 Å². The average Bonchev–Trinajstić information content (AvgIpc) is 3.13. The van der Waals surface area contributed by atoms with E-state index in [0.29, 0.717) is 17.1 Å². The Kier molecular flexibility index (Phi) is 5.36. The maximum absolute atomic E-state index is 12.0. The van der Waals surface area contributed by atoms with Gasteiger partial charge in [0.15, 0.2) is 12.2 Å². The Morgan fingerprint density at radius 1 is 1.38 bits per heavy atom. The van der Waals surface area contributed by atoms with Crippen molar-refractivity contribution in [2.45, 2.75) is 0 Å². The fourth-order valence-electron chi connectivity index (χ4n) is 1.96. The maximum Gasteiger partial charge on any atom is 0.340 e. The van der Waals surface area contributed by atoms with Gasteiger partial charge in [0.1, 0.15) is 12.3 Å². The number of benzene rings is 1. The van der Waals surface area contributed by atoms with E-state index in [9.17, 15) is 9.59 Å². The molecule has 2 rings (SSSR count). The Hall–Kier alpha value is -3.54. The van der Waals surface area contributed by atoms with E-state index in [-0.39, 0.29) is 17.8 Å². The molecule has 0 saturated heterocycles. The van der Waals surface area contributed by atoms with Crippen molar-refractivity contribution in [2.24, 2.45) is 0 Å². The summed E-state index contributed by atoms with van der Waals surface area (Å²) in [5.41, 5.74) is 0.729. The molecule has 1 aromatic carbocycles. The van der Waals surface area contributed by atoms with Crippen LogP contribution in [0.25, 0.3) is 11.3 Å². The van der Waals surface area contributed by atoms with E-state index in [1.807, 2.05) is 0 Å². The number of esters is 1. The minimum absolute atomic E-state index is 0.0943. The number of carbonyl (C=O) groups excluding carboxylic acids is 2. The number of nitrogens with one attached hydrogen (secondary N) is 2. The molecule has 0 radical (unpaired) electrons. The number of carbonyl (C=O) groups is 2. The number of oxazole rings is 1. The summed E-state index contributed by atoms with van der Waals surface area (Å²) in [7, 11) is 2.66. The molecular weight excluding hydrogens is 316 g/mol. The largest absolute Gasteiger partial charge is 0.496 e. The minimum Gasteiger partial charge on any atom is -0.496 e. The molecular formula is C15H14N4O5. The summed E-state index contributed by atoms with van der Waals surface area (Å²) in [5.74, 6) is 0.0847. The summed E-state index contributed by atoms with van der Waals surface area (Å²) in [5, 5.41) is 13.3. The molecule has 0 bridgehead atoms. The molecule has 9 nitrogen and oxygen atoms in total. The number of aromatic nitrogens is 1. The van der Waals surface area contributed by atoms with Gasteiger partial charge in [-0.3, -0.25) is 0 Å². The molecule has 0 fully saturated rings. The van der Waals surface area contributed by atoms with Crippen molar-refractivity contribution < 1.29 is 23.5 Å². The number of amides is 2. The van der Waals surface area contributed by atoms with Crippen LogP contribution in [0.1, 0.15) is 10.4 Å². The van der Waals surface area contributed by atoms with E-state index in [1.165, 1.54) is 38.9 Å². The zero-order valence-corrected chi connectivity index (χ0v) is 13.0. The third-order valence-corrected chi connectivity index (χ3v) is 3.02. The highest BCUT2D eigenvalue weighted by Crippen LogP contribution is 2.35. The topological polar surface area (TPSA) is 126 Å². The van der Waals surface area contributed by atoms with E-state index in [4.69, 9.17) is 19.2 Å². The summed E-state index contributed by atoms with van der Waals surface area (Å²) < 4.78 is 15.2. The van der Waals surface area contributed by atoms with Gasteiger partial charge in [-0.25, -0.2) is 14.6 Å². The van der Waals surface area contributed by atoms with Crippen molar-refractivity contribution in [2.75, 3.05) is 26.1 Å². The van der Waals surface area contributed by atoms with Crippen LogP contribution in [0.4, 0.5) is 10.5 Å². The number of nitrogens with zero attached hydrogens (tertiary/aromatic N) is 2. The molecule has 0 spiro atoms. The van der Waals surface area contributed by atoms with Gasteiger partial charge in [0.2, 0.25) is 0 Å². The van der Waals surface area contributed by atoms with Gasteiger partial charge < -0.3 is 24.5 Å². The van der Waals surface area contributed by atoms with Crippen LogP contribution in [0.5, 0.6) is 5.75 Å². The lowest BCUT2D eigenvalue weighted by atomic mass is 10.1. The number of hydrogen-bond donors (Lipinski definition) is 2. The smallest absolute Gasteiger partial charge is 0.340 e. The SMILES string of the molecule is COC(=O)c1cc(-c2cnco2)c(OC)cc1NC(=O)NCC#N. The molecule has 2 amide bonds. The van der Waals surface area contributed by atoms with Crippen molar-refractivity contribution in [3.8, 4) is 23.1 Å². The third kappa shape index (κ3) is 3.61. The Balaban J connectivity index is 2.47. The first-order valence-electron chi connectivity index (χ1n) is 6.71. The van der Waals surface area contributed by atoms with Gasteiger partial charge in [-0.05, 0) is 6.07 Å². The van der Waals surface area contributed by atoms with Gasteiger partial charge in [-0.1, -0.05) is 0 Å². The fourth-order valence-corrected chi connectivity index (χ4v) is 1.96. The lowest BCUT2D eigenvalue weighted by Crippen LogP contribution is -2.29. The van der Waals surface area contributed by atoms with E-state index < -0.39 is 12.0 Å². The number of rotatable bonds is 5. The van der Waals surface area contributed by atoms with Crippen LogP contribution < -0.4 is 15.4 Å². The summed E-state index contributed by atoms with van der Waals surface area (Å²) >= 11 is 0. The van der Waals surface area contributed by atoms with Crippen molar-refractivity contribution in [1.29, 1.82) is 5.26 Å². The van der Waals surface area contributed by atoms with E-state index >= 15 is 0 Å². The second kappa shape index (κ2) is 7.64. The highest BCUT2D eigenvalue weighted by molar-refractivity contribution is 6.02. The van der Waals surface area contributed by atoms with Crippen LogP contribution in [-0.4, -0.2) is 37.7 Å². The van der Waals surface area contributed by atoms with Gasteiger partial charge >= 0.3 is 12.0 Å². The molecule has 0 atom stereocenters. The van der Waals surface area contributed by atoms with Crippen LogP contribution in [0, 0.1) is 11.3 Å². The van der Waals surface area contributed by atoms with Crippen LogP contribution in [-0.2, 0) is 4.74 Å². The molecule has 1 aromatic heterocycles. The molecule has 0 aliphatic carbocycles. The molecule has 9 heteroatoms. The Bertz CT molecular complexity index is 780. The van der Waals surface area contributed by atoms with Crippen molar-refractivity contribution in [3.05, 3.63) is 30.3 Å². The molecule has 0 aliphatic rings. The first-order valence-corrected chi connectivity index (χ1v) is 6.71. The Morgan fingerprint density at radius 3 is 2.75 bits per heavy atom. The van der Waals surface area contributed by atoms with Crippen molar-refractivity contribution in [3.63, 3.8) is 0 Å². The highest BCUT2D eigenvalue weighted by Gasteiger charge is 2.20. The number of nitriles is 1. The monoisotopic (exact) mass is 330 g/mol. The molecule has 0 saturated carbocycles. The quantitative estimate of drug-likeness (QED) is 0.632. The van der Waals surface area contributed by atoms with Crippen LogP contribution in [0.2, 0.25) is 0 Å². The fraction of sp³-hybridized carbons (Fsp3) is 0.200. The zero-order chi connectivity index (χ0) is 17.5. The molecule has 0 unspecified atom stereocenters. The minimum atomic E-state index is -0.658. The van der Waals surface area contributed by atoms with E-state index in [0.717, 1.165) is 0 Å². The Labute approximate surface area is 137 Å². The van der Waals surface area contributed by atoms with Crippen molar-refractivity contribution >= 4 is 17.7 Å². The normalized spacial score (nSPS) is 9.71.